The van der Waals surface area contributed by atoms with Crippen molar-refractivity contribution < 1.29 is 17.2 Å². The van der Waals surface area contributed by atoms with Gasteiger partial charge in [0, 0.05) is 17.4 Å². The first-order valence-electron chi connectivity index (χ1n) is 9.63. The van der Waals surface area contributed by atoms with Crippen LogP contribution in [-0.2, 0) is 10.0 Å². The third kappa shape index (κ3) is 4.01. The summed E-state index contributed by atoms with van der Waals surface area (Å²) < 4.78 is 56.5. The standard InChI is InChI=1S/C22H14F2N6O2S/c23-15-7-8-17(24)20(13-15)33(31,32)29-16-5-3-4-14(12-16)18-9-10-21-26-27-22(30(21)28-18)19-6-1-2-11-25-19/h1-13,29H. The van der Waals surface area contributed by atoms with E-state index in [1.54, 1.807) is 42.6 Å². The number of hydrogen-bond acceptors (Lipinski definition) is 6. The van der Waals surface area contributed by atoms with Crippen LogP contribution in [0.5, 0.6) is 0 Å². The minimum atomic E-state index is -4.35. The topological polar surface area (TPSA) is 102 Å². The molecule has 0 aliphatic heterocycles. The number of hydrogen-bond donors (Lipinski definition) is 1. The Kier molecular flexibility index (Phi) is 5.02. The number of benzene rings is 2. The highest BCUT2D eigenvalue weighted by Gasteiger charge is 2.20. The number of sulfonamides is 1. The molecular formula is C22H14F2N6O2S. The van der Waals surface area contributed by atoms with Crippen molar-refractivity contribution in [1.29, 1.82) is 0 Å². The van der Waals surface area contributed by atoms with E-state index >= 15 is 0 Å². The molecule has 0 fully saturated rings. The fraction of sp³-hybridized carbons (Fsp3) is 0. The van der Waals surface area contributed by atoms with Crippen LogP contribution in [0.15, 0.2) is 83.9 Å². The minimum Gasteiger partial charge on any atom is -0.280 e. The highest BCUT2D eigenvalue weighted by molar-refractivity contribution is 7.92. The Morgan fingerprint density at radius 3 is 2.55 bits per heavy atom. The predicted octanol–water partition coefficient (Wildman–Crippen LogP) is 3.93. The Bertz CT molecular complexity index is 1590. The number of aromatic nitrogens is 5. The highest BCUT2D eigenvalue weighted by atomic mass is 32.2. The number of fused-ring (bicyclic) bond motifs is 1. The summed E-state index contributed by atoms with van der Waals surface area (Å²) in [6.45, 7) is 0. The molecule has 0 saturated carbocycles. The summed E-state index contributed by atoms with van der Waals surface area (Å²) in [5, 5.41) is 12.8. The van der Waals surface area contributed by atoms with E-state index in [2.05, 4.69) is 25.0 Å². The summed E-state index contributed by atoms with van der Waals surface area (Å²) in [5.41, 5.74) is 2.35. The van der Waals surface area contributed by atoms with Crippen molar-refractivity contribution in [2.75, 3.05) is 4.72 Å². The molecule has 5 aromatic rings. The number of nitrogens with zero attached hydrogens (tertiary/aromatic N) is 5. The van der Waals surface area contributed by atoms with Crippen LogP contribution in [0.4, 0.5) is 14.5 Å². The first-order valence-corrected chi connectivity index (χ1v) is 11.1. The van der Waals surface area contributed by atoms with Crippen molar-refractivity contribution in [1.82, 2.24) is 24.8 Å². The average Bonchev–Trinajstić information content (AvgIpc) is 3.24. The van der Waals surface area contributed by atoms with Gasteiger partial charge in [-0.15, -0.1) is 10.2 Å². The molecule has 0 atom stereocenters. The number of halogens is 2. The van der Waals surface area contributed by atoms with E-state index in [1.165, 1.54) is 16.6 Å². The molecule has 0 saturated heterocycles. The number of rotatable bonds is 5. The molecule has 33 heavy (non-hydrogen) atoms. The molecule has 1 N–H and O–H groups in total. The predicted molar refractivity (Wildman–Crippen MR) is 117 cm³/mol. The van der Waals surface area contributed by atoms with Crippen LogP contribution in [0, 0.1) is 11.6 Å². The van der Waals surface area contributed by atoms with Gasteiger partial charge in [-0.05, 0) is 54.6 Å². The van der Waals surface area contributed by atoms with Crippen LogP contribution in [0.2, 0.25) is 0 Å². The lowest BCUT2D eigenvalue weighted by molar-refractivity contribution is 0.555. The molecule has 0 aliphatic rings. The molecule has 0 aliphatic carbocycles. The second kappa shape index (κ2) is 8.02. The first kappa shape index (κ1) is 20.6. The molecule has 11 heteroatoms. The number of pyridine rings is 1. The lowest BCUT2D eigenvalue weighted by Crippen LogP contribution is -2.15. The highest BCUT2D eigenvalue weighted by Crippen LogP contribution is 2.25. The Balaban J connectivity index is 1.51. The van der Waals surface area contributed by atoms with E-state index in [9.17, 15) is 17.2 Å². The van der Waals surface area contributed by atoms with Gasteiger partial charge in [-0.1, -0.05) is 18.2 Å². The first-order chi connectivity index (χ1) is 15.9. The fourth-order valence-corrected chi connectivity index (χ4v) is 4.37. The zero-order valence-electron chi connectivity index (χ0n) is 16.7. The Morgan fingerprint density at radius 1 is 0.848 bits per heavy atom. The van der Waals surface area contributed by atoms with Crippen LogP contribution < -0.4 is 4.72 Å². The van der Waals surface area contributed by atoms with Crippen molar-refractivity contribution in [3.8, 4) is 22.8 Å². The molecule has 0 bridgehead atoms. The summed E-state index contributed by atoms with van der Waals surface area (Å²) in [6.07, 6.45) is 1.64. The van der Waals surface area contributed by atoms with E-state index in [0.29, 0.717) is 34.5 Å². The van der Waals surface area contributed by atoms with E-state index in [4.69, 9.17) is 0 Å². The van der Waals surface area contributed by atoms with Crippen LogP contribution in [0.3, 0.4) is 0 Å². The van der Waals surface area contributed by atoms with Crippen molar-refractivity contribution in [3.63, 3.8) is 0 Å². The molecule has 0 spiro atoms. The maximum Gasteiger partial charge on any atom is 0.264 e. The smallest absolute Gasteiger partial charge is 0.264 e. The second-order valence-corrected chi connectivity index (χ2v) is 8.64. The maximum absolute atomic E-state index is 14.0. The molecule has 3 heterocycles. The van der Waals surface area contributed by atoms with Crippen LogP contribution in [0.1, 0.15) is 0 Å². The van der Waals surface area contributed by atoms with Gasteiger partial charge in [0.15, 0.2) is 5.65 Å². The van der Waals surface area contributed by atoms with Gasteiger partial charge in [-0.2, -0.15) is 9.61 Å². The largest absolute Gasteiger partial charge is 0.280 e. The van der Waals surface area contributed by atoms with E-state index in [1.807, 2.05) is 6.07 Å². The van der Waals surface area contributed by atoms with E-state index in [0.717, 1.165) is 12.1 Å². The maximum atomic E-state index is 14.0. The monoisotopic (exact) mass is 464 g/mol. The van der Waals surface area contributed by atoms with Gasteiger partial charge < -0.3 is 0 Å². The second-order valence-electron chi connectivity index (χ2n) is 6.99. The van der Waals surface area contributed by atoms with Crippen LogP contribution >= 0.6 is 0 Å². The SMILES string of the molecule is O=S(=O)(Nc1cccc(-c2ccc3nnc(-c4ccccn4)n3n2)c1)c1cc(F)ccc1F. The van der Waals surface area contributed by atoms with E-state index < -0.39 is 26.6 Å². The summed E-state index contributed by atoms with van der Waals surface area (Å²) >= 11 is 0. The quantitative estimate of drug-likeness (QED) is 0.423. The summed E-state index contributed by atoms with van der Waals surface area (Å²) in [7, 11) is -4.35. The van der Waals surface area contributed by atoms with Crippen molar-refractivity contribution in [2.45, 2.75) is 4.90 Å². The summed E-state index contributed by atoms with van der Waals surface area (Å²) in [5.74, 6) is -1.46. The molecular weight excluding hydrogens is 450 g/mol. The summed E-state index contributed by atoms with van der Waals surface area (Å²) in [6, 6.07) is 17.5. The molecule has 164 valence electrons. The molecule has 5 rings (SSSR count). The molecule has 0 amide bonds. The Hall–Kier alpha value is -4.25. The van der Waals surface area contributed by atoms with Gasteiger partial charge in [-0.25, -0.2) is 17.2 Å². The molecule has 0 radical (unpaired) electrons. The van der Waals surface area contributed by atoms with Crippen LogP contribution in [0.25, 0.3) is 28.4 Å². The number of nitrogens with one attached hydrogen (secondary N) is 1. The van der Waals surface area contributed by atoms with E-state index in [-0.39, 0.29) is 5.69 Å². The van der Waals surface area contributed by atoms with Gasteiger partial charge in [0.25, 0.3) is 10.0 Å². The molecule has 8 nitrogen and oxygen atoms in total. The van der Waals surface area contributed by atoms with Gasteiger partial charge in [0.05, 0.1) is 5.69 Å². The van der Waals surface area contributed by atoms with Crippen LogP contribution in [-0.4, -0.2) is 33.2 Å². The minimum absolute atomic E-state index is 0.159. The van der Waals surface area contributed by atoms with Crippen molar-refractivity contribution in [2.24, 2.45) is 0 Å². The fourth-order valence-electron chi connectivity index (χ4n) is 3.23. The van der Waals surface area contributed by atoms with Gasteiger partial charge >= 0.3 is 0 Å². The third-order valence-electron chi connectivity index (χ3n) is 4.75. The molecule has 0 unspecified atom stereocenters. The van der Waals surface area contributed by atoms with Crippen molar-refractivity contribution >= 4 is 21.4 Å². The Labute approximate surface area is 186 Å². The normalized spacial score (nSPS) is 11.6. The van der Waals surface area contributed by atoms with Gasteiger partial charge in [-0.3, -0.25) is 9.71 Å². The zero-order chi connectivity index (χ0) is 23.0. The average molecular weight is 464 g/mol. The van der Waals surface area contributed by atoms with Gasteiger partial charge in [0.1, 0.15) is 22.2 Å². The third-order valence-corrected chi connectivity index (χ3v) is 6.15. The zero-order valence-corrected chi connectivity index (χ0v) is 17.5. The van der Waals surface area contributed by atoms with Gasteiger partial charge in [0.2, 0.25) is 5.82 Å². The Morgan fingerprint density at radius 2 is 1.73 bits per heavy atom. The summed E-state index contributed by atoms with van der Waals surface area (Å²) in [4.78, 5) is 3.49. The molecule has 2 aromatic carbocycles. The number of anilines is 1. The van der Waals surface area contributed by atoms with Crippen molar-refractivity contribution in [3.05, 3.63) is 90.6 Å². The lowest BCUT2D eigenvalue weighted by Gasteiger charge is -2.10. The lowest BCUT2D eigenvalue weighted by atomic mass is 10.1. The molecule has 3 aromatic heterocycles.